The molecule has 0 saturated carbocycles. The van der Waals surface area contributed by atoms with Crippen LogP contribution in [0.1, 0.15) is 12.8 Å². The summed E-state index contributed by atoms with van der Waals surface area (Å²) in [4.78, 5) is 0. The molecule has 0 aliphatic heterocycles. The number of unbranched alkanes of at least 4 members (excludes halogenated alkanes) is 1. The molecule has 16 heavy (non-hydrogen) atoms. The van der Waals surface area contributed by atoms with E-state index in [1.165, 1.54) is 0 Å². The lowest BCUT2D eigenvalue weighted by Gasteiger charge is -2.07. The van der Waals surface area contributed by atoms with Crippen LogP contribution in [0.25, 0.3) is 0 Å². The van der Waals surface area contributed by atoms with Gasteiger partial charge < -0.3 is 5.11 Å². The van der Waals surface area contributed by atoms with E-state index in [-0.39, 0.29) is 42.8 Å². The van der Waals surface area contributed by atoms with Crippen molar-refractivity contribution in [3.63, 3.8) is 0 Å². The number of aliphatic hydroxyl groups excluding tert-OH is 1. The summed E-state index contributed by atoms with van der Waals surface area (Å²) in [7, 11) is -3.51. The number of rotatable bonds is 8. The Bertz CT molecular complexity index is 279. The van der Waals surface area contributed by atoms with Crippen molar-refractivity contribution in [2.24, 2.45) is 0 Å². The minimum absolute atomic E-state index is 0.0978. The number of hydrogen-bond donors (Lipinski definition) is 2. The van der Waals surface area contributed by atoms with E-state index in [2.05, 4.69) is 4.72 Å². The van der Waals surface area contributed by atoms with Gasteiger partial charge in [0, 0.05) is 18.9 Å². The lowest BCUT2D eigenvalue weighted by molar-refractivity contribution is -0.0327. The van der Waals surface area contributed by atoms with Gasteiger partial charge in [-0.15, -0.1) is 0 Å². The molecule has 0 spiro atoms. The van der Waals surface area contributed by atoms with Crippen LogP contribution in [0.2, 0.25) is 0 Å². The van der Waals surface area contributed by atoms with E-state index in [0.717, 1.165) is 0 Å². The van der Waals surface area contributed by atoms with Crippen molar-refractivity contribution in [2.45, 2.75) is 18.3 Å². The molecule has 0 fully saturated rings. The highest BCUT2D eigenvalue weighted by Crippen LogP contribution is 2.29. The van der Waals surface area contributed by atoms with Crippen LogP contribution in [-0.2, 0) is 10.0 Å². The molecule has 0 aromatic carbocycles. The number of halogens is 3. The first-order valence-corrected chi connectivity index (χ1v) is 7.19. The molecule has 0 bridgehead atoms. The van der Waals surface area contributed by atoms with Gasteiger partial charge in [0.25, 0.3) is 0 Å². The lowest BCUT2D eigenvalue weighted by atomic mass is 10.4. The fourth-order valence-electron chi connectivity index (χ4n) is 0.840. The summed E-state index contributed by atoms with van der Waals surface area (Å²) in [5.74, 6) is -0.521. The molecular weight excluding hydrogens is 267 g/mol. The predicted octanol–water partition coefficient (Wildman–Crippen LogP) is 0.931. The van der Waals surface area contributed by atoms with Crippen molar-refractivity contribution >= 4 is 21.8 Å². The third-order valence-electron chi connectivity index (χ3n) is 1.51. The largest absolute Gasteiger partial charge is 0.441 e. The minimum Gasteiger partial charge on any atom is -0.396 e. The Morgan fingerprint density at radius 1 is 1.25 bits per heavy atom. The molecule has 4 nitrogen and oxygen atoms in total. The van der Waals surface area contributed by atoms with Crippen molar-refractivity contribution in [3.05, 3.63) is 0 Å². The van der Waals surface area contributed by atoms with Crippen molar-refractivity contribution in [2.75, 3.05) is 24.7 Å². The van der Waals surface area contributed by atoms with E-state index in [4.69, 9.17) is 5.11 Å². The highest BCUT2D eigenvalue weighted by atomic mass is 32.2. The second kappa shape index (κ2) is 7.36. The molecule has 0 aliphatic rings. The average molecular weight is 281 g/mol. The van der Waals surface area contributed by atoms with E-state index in [1.807, 2.05) is 0 Å². The molecule has 0 unspecified atom stereocenters. The maximum atomic E-state index is 11.7. The van der Waals surface area contributed by atoms with Gasteiger partial charge in [-0.3, -0.25) is 0 Å². The van der Waals surface area contributed by atoms with E-state index < -0.39 is 15.5 Å². The Morgan fingerprint density at radius 3 is 2.38 bits per heavy atom. The zero-order valence-corrected chi connectivity index (χ0v) is 10.1. The van der Waals surface area contributed by atoms with Crippen LogP contribution < -0.4 is 4.72 Å². The summed E-state index contributed by atoms with van der Waals surface area (Å²) in [6, 6.07) is 0. The molecule has 0 aromatic heterocycles. The molecular formula is C7H14F3NO3S2. The number of hydrogen-bond acceptors (Lipinski definition) is 4. The van der Waals surface area contributed by atoms with Gasteiger partial charge in [-0.05, 0) is 24.6 Å². The summed E-state index contributed by atoms with van der Waals surface area (Å²) in [6.07, 6.45) is 0.649. The number of alkyl halides is 3. The van der Waals surface area contributed by atoms with Crippen molar-refractivity contribution in [3.8, 4) is 0 Å². The highest BCUT2D eigenvalue weighted by Gasteiger charge is 2.27. The topological polar surface area (TPSA) is 66.4 Å². The van der Waals surface area contributed by atoms with Crippen molar-refractivity contribution in [1.82, 2.24) is 4.72 Å². The van der Waals surface area contributed by atoms with Crippen molar-refractivity contribution in [1.29, 1.82) is 0 Å². The van der Waals surface area contributed by atoms with E-state index in [1.54, 1.807) is 0 Å². The van der Waals surface area contributed by atoms with E-state index in [0.29, 0.717) is 6.42 Å². The van der Waals surface area contributed by atoms with Crippen LogP contribution in [0.15, 0.2) is 0 Å². The Labute approximate surface area is 96.7 Å². The summed E-state index contributed by atoms with van der Waals surface area (Å²) in [5, 5.41) is 8.42. The number of thioether (sulfide) groups is 1. The van der Waals surface area contributed by atoms with E-state index >= 15 is 0 Å². The first kappa shape index (κ1) is 16.0. The lowest BCUT2D eigenvalue weighted by Crippen LogP contribution is -2.29. The molecule has 0 heterocycles. The quantitative estimate of drug-likeness (QED) is 0.650. The van der Waals surface area contributed by atoms with Gasteiger partial charge in [-0.1, -0.05) is 0 Å². The average Bonchev–Trinajstić information content (AvgIpc) is 2.11. The first-order valence-electron chi connectivity index (χ1n) is 4.56. The molecule has 0 atom stereocenters. The molecule has 9 heteroatoms. The second-order valence-corrected chi connectivity index (χ2v) is 6.02. The van der Waals surface area contributed by atoms with Crippen molar-refractivity contribution < 1.29 is 26.7 Å². The van der Waals surface area contributed by atoms with Gasteiger partial charge in [0.15, 0.2) is 0 Å². The van der Waals surface area contributed by atoms with Crippen LogP contribution >= 0.6 is 11.8 Å². The summed E-state index contributed by atoms with van der Waals surface area (Å²) in [6.45, 7) is -0.342. The van der Waals surface area contributed by atoms with Gasteiger partial charge in [-0.2, -0.15) is 13.2 Å². The Balaban J connectivity index is 3.67. The predicted molar refractivity (Wildman–Crippen MR) is 56.6 cm³/mol. The zero-order chi connectivity index (χ0) is 12.7. The SMILES string of the molecule is O=S(=O)(CCCCO)NCCSC(F)(F)F. The maximum absolute atomic E-state index is 11.7. The summed E-state index contributed by atoms with van der Waals surface area (Å²) < 4.78 is 59.4. The van der Waals surface area contributed by atoms with Crippen LogP contribution in [0.5, 0.6) is 0 Å². The van der Waals surface area contributed by atoms with Gasteiger partial charge in [0.1, 0.15) is 0 Å². The normalized spacial score (nSPS) is 13.0. The van der Waals surface area contributed by atoms with Gasteiger partial charge in [0.05, 0.1) is 5.75 Å². The molecule has 98 valence electrons. The first-order chi connectivity index (χ1) is 7.27. The molecule has 0 radical (unpaired) electrons. The number of nitrogens with one attached hydrogen (secondary N) is 1. The number of aliphatic hydroxyl groups is 1. The molecule has 0 saturated heterocycles. The Kier molecular flexibility index (Phi) is 7.36. The van der Waals surface area contributed by atoms with Crippen LogP contribution in [0.3, 0.4) is 0 Å². The van der Waals surface area contributed by atoms with Crippen LogP contribution in [0, 0.1) is 0 Å². The summed E-state index contributed by atoms with van der Waals surface area (Å²) >= 11 is -0.264. The molecule has 0 aliphatic carbocycles. The molecule has 2 N–H and O–H groups in total. The second-order valence-electron chi connectivity index (χ2n) is 2.94. The smallest absolute Gasteiger partial charge is 0.396 e. The van der Waals surface area contributed by atoms with Gasteiger partial charge in [-0.25, -0.2) is 13.1 Å². The maximum Gasteiger partial charge on any atom is 0.441 e. The molecule has 0 rings (SSSR count). The van der Waals surface area contributed by atoms with Crippen LogP contribution in [0.4, 0.5) is 13.2 Å². The highest BCUT2D eigenvalue weighted by molar-refractivity contribution is 8.00. The Hall–Kier alpha value is 0.01000. The summed E-state index contributed by atoms with van der Waals surface area (Å²) in [5.41, 5.74) is -4.33. The standard InChI is InChI=1S/C7H14F3NO3S2/c8-7(9,10)15-5-3-11-16(13,14)6-2-1-4-12/h11-12H,1-6H2. The van der Waals surface area contributed by atoms with E-state index in [9.17, 15) is 21.6 Å². The number of sulfonamides is 1. The third-order valence-corrected chi connectivity index (χ3v) is 3.72. The van der Waals surface area contributed by atoms with Crippen LogP contribution in [-0.4, -0.2) is 43.7 Å². The Morgan fingerprint density at radius 2 is 1.88 bits per heavy atom. The van der Waals surface area contributed by atoms with Gasteiger partial charge in [0.2, 0.25) is 10.0 Å². The fraction of sp³-hybridized carbons (Fsp3) is 1.00. The monoisotopic (exact) mass is 281 g/mol. The molecule has 0 amide bonds. The zero-order valence-electron chi connectivity index (χ0n) is 8.46. The third kappa shape index (κ3) is 10.5. The fourth-order valence-corrected chi connectivity index (χ4v) is 2.55. The minimum atomic E-state index is -4.33. The van der Waals surface area contributed by atoms with Gasteiger partial charge >= 0.3 is 5.51 Å². The molecule has 0 aromatic rings.